The van der Waals surface area contributed by atoms with Gasteiger partial charge in [-0.2, -0.15) is 12.6 Å². The molecule has 0 fully saturated rings. The standard InChI is InChI=1S/C2H6OS.CHCl3/c3-1-2-4;2-1(3)4/h3-4H,1-2H2;1H. The average molecular weight is 198 g/mol. The summed E-state index contributed by atoms with van der Waals surface area (Å²) in [5.41, 5.74) is 0. The van der Waals surface area contributed by atoms with Gasteiger partial charge in [0, 0.05) is 5.75 Å². The van der Waals surface area contributed by atoms with Crippen LogP contribution in [0.2, 0.25) is 0 Å². The molecule has 1 nitrogen and oxygen atoms in total. The SMILES string of the molecule is ClC(Cl)Cl.OCCS. The predicted molar refractivity (Wildman–Crippen MR) is 42.3 cm³/mol. The zero-order chi connectivity index (χ0) is 6.99. The number of hydrogen-bond acceptors (Lipinski definition) is 2. The molecule has 1 N–H and O–H groups in total. The van der Waals surface area contributed by atoms with Gasteiger partial charge in [0.25, 0.3) is 0 Å². The zero-order valence-corrected chi connectivity index (χ0v) is 7.18. The van der Waals surface area contributed by atoms with Gasteiger partial charge >= 0.3 is 0 Å². The van der Waals surface area contributed by atoms with Crippen LogP contribution in [0.4, 0.5) is 0 Å². The summed E-state index contributed by atoms with van der Waals surface area (Å²) in [5, 5.41) is 7.80. The molecular weight excluding hydrogens is 190 g/mol. The minimum Gasteiger partial charge on any atom is -0.396 e. The third-order valence-corrected chi connectivity index (χ3v) is 0.300. The van der Waals surface area contributed by atoms with Gasteiger partial charge in [-0.25, -0.2) is 0 Å². The summed E-state index contributed by atoms with van der Waals surface area (Å²) < 4.78 is -0.750. The second-order valence-corrected chi connectivity index (χ2v) is 3.12. The first-order valence-corrected chi connectivity index (χ1v) is 3.73. The van der Waals surface area contributed by atoms with E-state index in [1.165, 1.54) is 0 Å². The minimum absolute atomic E-state index is 0.184. The predicted octanol–water partition coefficient (Wildman–Crippen LogP) is 1.89. The molecule has 0 rings (SSSR count). The smallest absolute Gasteiger partial charge is 0.180 e. The van der Waals surface area contributed by atoms with Crippen molar-refractivity contribution in [3.05, 3.63) is 0 Å². The summed E-state index contributed by atoms with van der Waals surface area (Å²) in [6, 6.07) is 0. The summed E-state index contributed by atoms with van der Waals surface area (Å²) in [4.78, 5) is 0. The highest BCUT2D eigenvalue weighted by Crippen LogP contribution is 2.03. The highest BCUT2D eigenvalue weighted by Gasteiger charge is 1.78. The Morgan fingerprint density at radius 2 is 1.50 bits per heavy atom. The quantitative estimate of drug-likeness (QED) is 0.486. The van der Waals surface area contributed by atoms with E-state index in [1.807, 2.05) is 0 Å². The highest BCUT2D eigenvalue weighted by atomic mass is 35.6. The van der Waals surface area contributed by atoms with Crippen molar-refractivity contribution in [1.29, 1.82) is 0 Å². The van der Waals surface area contributed by atoms with Crippen LogP contribution in [0.25, 0.3) is 0 Å². The number of hydrogen-bond donors (Lipinski definition) is 2. The number of rotatable bonds is 1. The van der Waals surface area contributed by atoms with Crippen LogP contribution in [-0.2, 0) is 0 Å². The topological polar surface area (TPSA) is 20.2 Å². The molecule has 0 aliphatic rings. The summed E-state index contributed by atoms with van der Waals surface area (Å²) in [5.74, 6) is 0.569. The Balaban J connectivity index is 0. The van der Waals surface area contributed by atoms with Crippen LogP contribution in [0.3, 0.4) is 0 Å². The number of aliphatic hydroxyl groups excluding tert-OH is 1. The summed E-state index contributed by atoms with van der Waals surface area (Å²) in [6.45, 7) is 0.184. The third kappa shape index (κ3) is 57.7. The Morgan fingerprint density at radius 3 is 1.50 bits per heavy atom. The van der Waals surface area contributed by atoms with Gasteiger partial charge in [-0.05, 0) is 0 Å². The maximum absolute atomic E-state index is 7.80. The van der Waals surface area contributed by atoms with E-state index in [0.717, 1.165) is 0 Å². The molecule has 0 spiro atoms. The largest absolute Gasteiger partial charge is 0.396 e. The van der Waals surface area contributed by atoms with Crippen LogP contribution in [0.5, 0.6) is 0 Å². The Hall–Kier alpha value is 1.18. The number of thiol groups is 1. The molecule has 0 saturated heterocycles. The van der Waals surface area contributed by atoms with Gasteiger partial charge < -0.3 is 5.11 Å². The Bertz CT molecular complexity index is 31.0. The van der Waals surface area contributed by atoms with E-state index in [0.29, 0.717) is 5.75 Å². The molecule has 0 aromatic heterocycles. The van der Waals surface area contributed by atoms with Gasteiger partial charge in [-0.15, -0.1) is 0 Å². The first kappa shape index (κ1) is 11.9. The first-order chi connectivity index (χ1) is 3.65. The maximum Gasteiger partial charge on any atom is 0.180 e. The van der Waals surface area contributed by atoms with Crippen LogP contribution in [0, 0.1) is 0 Å². The molecular formula is C3H7Cl3OS. The monoisotopic (exact) mass is 196 g/mol. The van der Waals surface area contributed by atoms with Gasteiger partial charge in [-0.3, -0.25) is 0 Å². The normalized spacial score (nSPS) is 8.25. The summed E-state index contributed by atoms with van der Waals surface area (Å²) in [6.07, 6.45) is 0. The number of alkyl halides is 3. The molecule has 0 unspecified atom stereocenters. The number of halogens is 3. The van der Waals surface area contributed by atoms with E-state index in [9.17, 15) is 0 Å². The molecule has 0 amide bonds. The van der Waals surface area contributed by atoms with Crippen molar-refractivity contribution in [2.45, 2.75) is 4.30 Å². The van der Waals surface area contributed by atoms with E-state index in [1.54, 1.807) is 0 Å². The lowest BCUT2D eigenvalue weighted by atomic mass is 10.9. The lowest BCUT2D eigenvalue weighted by molar-refractivity contribution is 0.323. The van der Waals surface area contributed by atoms with Crippen molar-refractivity contribution in [1.82, 2.24) is 0 Å². The fourth-order valence-corrected chi connectivity index (χ4v) is 0. The fourth-order valence-electron chi connectivity index (χ4n) is 0. The average Bonchev–Trinajstić information content (AvgIpc) is 1.65. The molecule has 5 heteroatoms. The van der Waals surface area contributed by atoms with Gasteiger partial charge in [0.2, 0.25) is 0 Å². The molecule has 0 saturated carbocycles. The summed E-state index contributed by atoms with van der Waals surface area (Å²) in [7, 11) is 0. The zero-order valence-electron chi connectivity index (χ0n) is 4.02. The molecule has 8 heavy (non-hydrogen) atoms. The Labute approximate surface area is 69.3 Å². The summed E-state index contributed by atoms with van der Waals surface area (Å²) >= 11 is 18.1. The molecule has 0 aliphatic carbocycles. The van der Waals surface area contributed by atoms with Crippen LogP contribution in [0.1, 0.15) is 0 Å². The number of aliphatic hydroxyl groups is 1. The van der Waals surface area contributed by atoms with Gasteiger partial charge in [0.05, 0.1) is 6.61 Å². The van der Waals surface area contributed by atoms with Crippen molar-refractivity contribution in [2.75, 3.05) is 12.4 Å². The van der Waals surface area contributed by atoms with Gasteiger partial charge in [0.1, 0.15) is 0 Å². The molecule has 0 radical (unpaired) electrons. The van der Waals surface area contributed by atoms with Crippen molar-refractivity contribution in [3.8, 4) is 0 Å². The molecule has 0 bridgehead atoms. The van der Waals surface area contributed by atoms with Crippen molar-refractivity contribution >= 4 is 47.4 Å². The van der Waals surface area contributed by atoms with Gasteiger partial charge in [-0.1, -0.05) is 34.8 Å². The lowest BCUT2D eigenvalue weighted by Gasteiger charge is -1.69. The van der Waals surface area contributed by atoms with Gasteiger partial charge in [0.15, 0.2) is 4.30 Å². The molecule has 0 aliphatic heterocycles. The van der Waals surface area contributed by atoms with Crippen molar-refractivity contribution < 1.29 is 5.11 Å². The van der Waals surface area contributed by atoms with E-state index in [-0.39, 0.29) is 6.61 Å². The molecule has 0 heterocycles. The van der Waals surface area contributed by atoms with Crippen LogP contribution in [-0.4, -0.2) is 21.8 Å². The van der Waals surface area contributed by atoms with Crippen LogP contribution < -0.4 is 0 Å². The Kier molecular flexibility index (Phi) is 16.4. The van der Waals surface area contributed by atoms with E-state index in [4.69, 9.17) is 39.9 Å². The van der Waals surface area contributed by atoms with Crippen molar-refractivity contribution in [2.24, 2.45) is 0 Å². The molecule has 0 aromatic carbocycles. The molecule has 52 valence electrons. The fraction of sp³-hybridized carbons (Fsp3) is 1.00. The second kappa shape index (κ2) is 11.0. The van der Waals surface area contributed by atoms with Crippen LogP contribution >= 0.6 is 47.4 Å². The first-order valence-electron chi connectivity index (χ1n) is 1.79. The van der Waals surface area contributed by atoms with E-state index < -0.39 is 4.30 Å². The second-order valence-electron chi connectivity index (χ2n) is 0.695. The minimum atomic E-state index is -0.750. The lowest BCUT2D eigenvalue weighted by Crippen LogP contribution is -1.76. The third-order valence-electron chi connectivity index (χ3n) is 0.1000. The Morgan fingerprint density at radius 1 is 1.38 bits per heavy atom. The van der Waals surface area contributed by atoms with E-state index >= 15 is 0 Å². The van der Waals surface area contributed by atoms with Crippen molar-refractivity contribution in [3.63, 3.8) is 0 Å². The van der Waals surface area contributed by atoms with E-state index in [2.05, 4.69) is 12.6 Å². The maximum atomic E-state index is 7.80. The molecule has 0 aromatic rings. The highest BCUT2D eigenvalue weighted by molar-refractivity contribution is 7.80. The van der Waals surface area contributed by atoms with Crippen LogP contribution in [0.15, 0.2) is 0 Å². The molecule has 0 atom stereocenters.